The zero-order valence-corrected chi connectivity index (χ0v) is 14.1. The minimum absolute atomic E-state index is 0.198. The Kier molecular flexibility index (Phi) is 3.75. The van der Waals surface area contributed by atoms with Crippen LogP contribution in [0.25, 0.3) is 16.7 Å². The van der Waals surface area contributed by atoms with Gasteiger partial charge in [-0.25, -0.2) is 0 Å². The highest BCUT2D eigenvalue weighted by Gasteiger charge is 2.36. The van der Waals surface area contributed by atoms with Crippen LogP contribution in [0.3, 0.4) is 0 Å². The van der Waals surface area contributed by atoms with Crippen LogP contribution in [0.15, 0.2) is 42.5 Å². The smallest absolute Gasteiger partial charge is 0.143 e. The van der Waals surface area contributed by atoms with Gasteiger partial charge in [0.05, 0.1) is 0 Å². The van der Waals surface area contributed by atoms with Crippen molar-refractivity contribution in [3.8, 4) is 11.4 Å². The van der Waals surface area contributed by atoms with Gasteiger partial charge in [0, 0.05) is 0 Å². The first kappa shape index (κ1) is 15.2. The molecule has 4 rings (SSSR count). The molecule has 1 aromatic heterocycles. The zero-order valence-electron chi connectivity index (χ0n) is 14.1. The fraction of sp³-hybridized carbons (Fsp3) is 0.400. The van der Waals surface area contributed by atoms with Gasteiger partial charge in [0.15, 0.2) is 0 Å². The quantitative estimate of drug-likeness (QED) is 0.755. The number of aromatic nitrogens is 3. The summed E-state index contributed by atoms with van der Waals surface area (Å²) in [5.41, 5.74) is 4.08. The predicted molar refractivity (Wildman–Crippen MR) is 95.6 cm³/mol. The highest BCUT2D eigenvalue weighted by atomic mass is 16.3. The summed E-state index contributed by atoms with van der Waals surface area (Å²) < 4.78 is 0. The number of benzene rings is 2. The molecule has 0 amide bonds. The second-order valence-corrected chi connectivity index (χ2v) is 6.89. The van der Waals surface area contributed by atoms with Gasteiger partial charge in [-0.3, -0.25) is 0 Å². The van der Waals surface area contributed by atoms with Gasteiger partial charge in [-0.2, -0.15) is 0 Å². The molecule has 1 aliphatic carbocycles. The third-order valence-electron chi connectivity index (χ3n) is 5.37. The highest BCUT2D eigenvalue weighted by molar-refractivity contribution is 5.79. The van der Waals surface area contributed by atoms with Crippen LogP contribution in [0.2, 0.25) is 0 Å². The number of aromatic hydroxyl groups is 1. The molecule has 0 radical (unpaired) electrons. The van der Waals surface area contributed by atoms with Gasteiger partial charge in [0.25, 0.3) is 0 Å². The minimum Gasteiger partial charge on any atom is -0.506 e. The summed E-state index contributed by atoms with van der Waals surface area (Å²) in [5.74, 6) is 0.198. The number of nitrogens with zero attached hydrogens (tertiary/aromatic N) is 3. The molecule has 1 fully saturated rings. The van der Waals surface area contributed by atoms with Crippen LogP contribution >= 0.6 is 0 Å². The molecule has 124 valence electrons. The molecule has 3 aromatic rings. The number of phenolic OH excluding ortho intramolecular Hbond substituents is 1. The summed E-state index contributed by atoms with van der Waals surface area (Å²) in [7, 11) is 0. The Bertz CT molecular complexity index is 862. The number of hydrogen-bond donors (Lipinski definition) is 1. The normalized spacial score (nSPS) is 16.7. The van der Waals surface area contributed by atoms with Crippen LogP contribution in [-0.4, -0.2) is 20.1 Å². The average Bonchev–Trinajstić information content (AvgIpc) is 3.22. The molecule has 1 aliphatic rings. The summed E-state index contributed by atoms with van der Waals surface area (Å²) in [5, 5.41) is 19.5. The van der Waals surface area contributed by atoms with Crippen molar-refractivity contribution in [3.05, 3.63) is 48.0 Å². The van der Waals surface area contributed by atoms with E-state index in [0.717, 1.165) is 11.0 Å². The number of rotatable bonds is 4. The number of hydrogen-bond acceptors (Lipinski definition) is 3. The number of phenols is 1. The Labute approximate surface area is 142 Å². The molecule has 0 saturated heterocycles. The van der Waals surface area contributed by atoms with Gasteiger partial charge in [-0.05, 0) is 48.4 Å². The van der Waals surface area contributed by atoms with Gasteiger partial charge in [-0.15, -0.1) is 15.0 Å². The molecular weight excluding hydrogens is 298 g/mol. The maximum atomic E-state index is 10.1. The van der Waals surface area contributed by atoms with E-state index in [1.165, 1.54) is 44.1 Å². The van der Waals surface area contributed by atoms with Gasteiger partial charge >= 0.3 is 0 Å². The minimum atomic E-state index is 0.198. The first-order chi connectivity index (χ1) is 11.7. The second kappa shape index (κ2) is 5.93. The first-order valence-corrected chi connectivity index (χ1v) is 8.88. The molecule has 4 heteroatoms. The van der Waals surface area contributed by atoms with Crippen LogP contribution in [-0.2, 0) is 5.41 Å². The molecule has 1 N–H and O–H groups in total. The van der Waals surface area contributed by atoms with Crippen molar-refractivity contribution in [1.29, 1.82) is 0 Å². The van der Waals surface area contributed by atoms with E-state index in [0.29, 0.717) is 5.69 Å². The summed E-state index contributed by atoms with van der Waals surface area (Å²) in [4.78, 5) is 1.57. The Morgan fingerprint density at radius 2 is 1.83 bits per heavy atom. The van der Waals surface area contributed by atoms with E-state index in [9.17, 15) is 5.11 Å². The van der Waals surface area contributed by atoms with Crippen molar-refractivity contribution < 1.29 is 5.11 Å². The molecule has 0 atom stereocenters. The van der Waals surface area contributed by atoms with Gasteiger partial charge in [0.2, 0.25) is 0 Å². The molecule has 1 heterocycles. The average molecular weight is 321 g/mol. The van der Waals surface area contributed by atoms with E-state index in [1.54, 1.807) is 10.9 Å². The van der Waals surface area contributed by atoms with E-state index >= 15 is 0 Å². The summed E-state index contributed by atoms with van der Waals surface area (Å²) in [6.45, 7) is 2.26. The second-order valence-electron chi connectivity index (χ2n) is 6.89. The van der Waals surface area contributed by atoms with E-state index in [2.05, 4.69) is 24.2 Å². The lowest BCUT2D eigenvalue weighted by Crippen LogP contribution is -2.22. The van der Waals surface area contributed by atoms with Crippen molar-refractivity contribution in [1.82, 2.24) is 15.0 Å². The van der Waals surface area contributed by atoms with E-state index in [-0.39, 0.29) is 11.2 Å². The summed E-state index contributed by atoms with van der Waals surface area (Å²) >= 11 is 0. The number of fused-ring (bicyclic) bond motifs is 1. The lowest BCUT2D eigenvalue weighted by molar-refractivity contribution is 0.403. The molecular formula is C20H23N3O. The Hall–Kier alpha value is -2.36. The maximum Gasteiger partial charge on any atom is 0.143 e. The van der Waals surface area contributed by atoms with Crippen molar-refractivity contribution in [2.45, 2.75) is 50.9 Å². The first-order valence-electron chi connectivity index (χ1n) is 8.88. The molecule has 1 saturated carbocycles. The fourth-order valence-electron chi connectivity index (χ4n) is 4.29. The van der Waals surface area contributed by atoms with Crippen LogP contribution in [0.4, 0.5) is 0 Å². The topological polar surface area (TPSA) is 50.9 Å². The lowest BCUT2D eigenvalue weighted by atomic mass is 9.75. The Morgan fingerprint density at radius 1 is 1.04 bits per heavy atom. The van der Waals surface area contributed by atoms with Gasteiger partial charge < -0.3 is 5.11 Å². The highest BCUT2D eigenvalue weighted by Crippen LogP contribution is 2.46. The maximum absolute atomic E-state index is 10.1. The van der Waals surface area contributed by atoms with Crippen molar-refractivity contribution in [2.24, 2.45) is 0 Å². The largest absolute Gasteiger partial charge is 0.506 e. The third kappa shape index (κ3) is 2.37. The molecule has 0 unspecified atom stereocenters. The number of para-hydroxylation sites is 2. The Balaban J connectivity index is 1.88. The van der Waals surface area contributed by atoms with Crippen LogP contribution in [0.5, 0.6) is 5.75 Å². The molecule has 2 aromatic carbocycles. The summed E-state index contributed by atoms with van der Waals surface area (Å²) in [6.07, 6.45) is 7.46. The molecule has 24 heavy (non-hydrogen) atoms. The van der Waals surface area contributed by atoms with Crippen molar-refractivity contribution in [2.75, 3.05) is 0 Å². The molecule has 0 spiro atoms. The summed E-state index contributed by atoms with van der Waals surface area (Å²) in [6, 6.07) is 13.5. The van der Waals surface area contributed by atoms with Crippen molar-refractivity contribution in [3.63, 3.8) is 0 Å². The van der Waals surface area contributed by atoms with E-state index in [1.807, 2.05) is 24.3 Å². The van der Waals surface area contributed by atoms with Crippen LogP contribution in [0.1, 0.15) is 51.0 Å². The molecule has 0 bridgehead atoms. The predicted octanol–water partition coefficient (Wildman–Crippen LogP) is 4.74. The zero-order chi connectivity index (χ0) is 16.6. The Morgan fingerprint density at radius 3 is 2.58 bits per heavy atom. The van der Waals surface area contributed by atoms with Gasteiger partial charge in [-0.1, -0.05) is 50.5 Å². The standard InChI is InChI=1S/C20H23N3O/c1-2-12-20(13-5-6-14-20)15-8-7-9-16-19(15)22-23(21-16)17-10-3-4-11-18(17)24/h3-4,7-11,24H,2,5-6,12-14H2,1H3. The van der Waals surface area contributed by atoms with E-state index < -0.39 is 0 Å². The SMILES string of the molecule is CCCC1(c2cccc3nn(-c4ccccc4O)nc23)CCCC1. The van der Waals surface area contributed by atoms with E-state index in [4.69, 9.17) is 5.10 Å². The monoisotopic (exact) mass is 321 g/mol. The lowest BCUT2D eigenvalue weighted by Gasteiger charge is -2.29. The molecule has 0 aliphatic heterocycles. The fourth-order valence-corrected chi connectivity index (χ4v) is 4.29. The third-order valence-corrected chi connectivity index (χ3v) is 5.37. The van der Waals surface area contributed by atoms with Crippen molar-refractivity contribution >= 4 is 11.0 Å². The van der Waals surface area contributed by atoms with Crippen LogP contribution in [0, 0.1) is 0 Å². The van der Waals surface area contributed by atoms with Gasteiger partial charge in [0.1, 0.15) is 22.5 Å². The molecule has 4 nitrogen and oxygen atoms in total. The van der Waals surface area contributed by atoms with Crippen LogP contribution < -0.4 is 0 Å².